The van der Waals surface area contributed by atoms with Gasteiger partial charge in [0.1, 0.15) is 11.6 Å². The number of hydrogen-bond acceptors (Lipinski definition) is 6. The van der Waals surface area contributed by atoms with E-state index in [9.17, 15) is 0 Å². The van der Waals surface area contributed by atoms with Crippen LogP contribution in [0.4, 0.5) is 5.82 Å². The van der Waals surface area contributed by atoms with E-state index in [1.54, 1.807) is 10.9 Å². The van der Waals surface area contributed by atoms with Crippen LogP contribution in [0.1, 0.15) is 19.2 Å². The monoisotopic (exact) mass is 291 g/mol. The summed E-state index contributed by atoms with van der Waals surface area (Å²) >= 11 is 0. The molecular formula is C14H25N7. The van der Waals surface area contributed by atoms with Crippen LogP contribution in [-0.4, -0.2) is 63.3 Å². The predicted octanol–water partition coefficient (Wildman–Crippen LogP) is 0.719. The van der Waals surface area contributed by atoms with E-state index in [-0.39, 0.29) is 0 Å². The summed E-state index contributed by atoms with van der Waals surface area (Å²) in [7, 11) is 6.06. The molecule has 0 spiro atoms. The fourth-order valence-corrected chi connectivity index (χ4v) is 2.32. The Balaban J connectivity index is 2.08. The van der Waals surface area contributed by atoms with Gasteiger partial charge in [0.05, 0.1) is 18.1 Å². The summed E-state index contributed by atoms with van der Waals surface area (Å²) in [6.07, 6.45) is 2.84. The summed E-state index contributed by atoms with van der Waals surface area (Å²) in [4.78, 5) is 13.5. The van der Waals surface area contributed by atoms with Gasteiger partial charge >= 0.3 is 0 Å². The van der Waals surface area contributed by atoms with E-state index < -0.39 is 0 Å². The van der Waals surface area contributed by atoms with Crippen molar-refractivity contribution in [2.45, 2.75) is 19.9 Å². The number of nitrogens with zero attached hydrogens (tertiary/aromatic N) is 6. The number of aromatic nitrogens is 4. The highest BCUT2D eigenvalue weighted by Crippen LogP contribution is 2.17. The maximum absolute atomic E-state index is 6.00. The predicted molar refractivity (Wildman–Crippen MR) is 84.8 cm³/mol. The minimum atomic E-state index is 0.507. The number of aryl methyl sites for hydroxylation is 1. The molecule has 0 saturated heterocycles. The molecule has 0 aromatic carbocycles. The van der Waals surface area contributed by atoms with Crippen LogP contribution >= 0.6 is 0 Å². The van der Waals surface area contributed by atoms with Gasteiger partial charge in [0.2, 0.25) is 0 Å². The Morgan fingerprint density at radius 1 is 1.24 bits per heavy atom. The van der Waals surface area contributed by atoms with Gasteiger partial charge in [0.25, 0.3) is 0 Å². The van der Waals surface area contributed by atoms with Crippen LogP contribution in [0.25, 0.3) is 11.0 Å². The highest BCUT2D eigenvalue weighted by atomic mass is 15.3. The second-order valence-electron chi connectivity index (χ2n) is 5.56. The second kappa shape index (κ2) is 6.82. The zero-order valence-corrected chi connectivity index (χ0v) is 13.4. The zero-order valence-electron chi connectivity index (χ0n) is 13.4. The number of fused-ring (bicyclic) bond motifs is 1. The second-order valence-corrected chi connectivity index (χ2v) is 5.56. The topological polar surface area (TPSA) is 76.1 Å². The van der Waals surface area contributed by atoms with Gasteiger partial charge in [0.15, 0.2) is 5.65 Å². The van der Waals surface area contributed by atoms with Crippen molar-refractivity contribution in [2.24, 2.45) is 7.05 Å². The highest BCUT2D eigenvalue weighted by Gasteiger charge is 2.12. The number of nitrogen functional groups attached to an aromatic ring is 1. The Kier molecular flexibility index (Phi) is 5.08. The van der Waals surface area contributed by atoms with E-state index in [2.05, 4.69) is 45.9 Å². The molecule has 0 bridgehead atoms. The lowest BCUT2D eigenvalue weighted by Gasteiger charge is -2.20. The molecule has 7 nitrogen and oxygen atoms in total. The molecule has 0 radical (unpaired) electrons. The van der Waals surface area contributed by atoms with E-state index >= 15 is 0 Å². The molecule has 2 N–H and O–H groups in total. The molecule has 116 valence electrons. The van der Waals surface area contributed by atoms with Crippen molar-refractivity contribution in [3.8, 4) is 0 Å². The molecule has 0 amide bonds. The minimum Gasteiger partial charge on any atom is -0.383 e. The summed E-state index contributed by atoms with van der Waals surface area (Å²) in [5, 5.41) is 5.00. The summed E-state index contributed by atoms with van der Waals surface area (Å²) in [6, 6.07) is 0. The van der Waals surface area contributed by atoms with E-state index in [1.807, 2.05) is 7.05 Å². The van der Waals surface area contributed by atoms with Crippen LogP contribution < -0.4 is 5.73 Å². The van der Waals surface area contributed by atoms with Crippen LogP contribution in [0.2, 0.25) is 0 Å². The first kappa shape index (κ1) is 15.7. The highest BCUT2D eigenvalue weighted by molar-refractivity contribution is 5.84. The fourth-order valence-electron chi connectivity index (χ4n) is 2.32. The Hall–Kier alpha value is -1.73. The number of hydrogen-bond donors (Lipinski definition) is 1. The molecular weight excluding hydrogens is 266 g/mol. The molecule has 0 aliphatic carbocycles. The van der Waals surface area contributed by atoms with Crippen LogP contribution in [0, 0.1) is 0 Å². The first-order chi connectivity index (χ1) is 10.0. The van der Waals surface area contributed by atoms with Crippen molar-refractivity contribution in [3.63, 3.8) is 0 Å². The van der Waals surface area contributed by atoms with Crippen LogP contribution in [0.3, 0.4) is 0 Å². The molecule has 0 unspecified atom stereocenters. The third kappa shape index (κ3) is 3.89. The normalized spacial score (nSPS) is 11.9. The van der Waals surface area contributed by atoms with Crippen molar-refractivity contribution in [2.75, 3.05) is 39.5 Å². The van der Waals surface area contributed by atoms with E-state index in [1.165, 1.54) is 0 Å². The molecule has 0 aliphatic rings. The Bertz CT molecular complexity index is 590. The van der Waals surface area contributed by atoms with Crippen molar-refractivity contribution >= 4 is 16.9 Å². The fraction of sp³-hybridized carbons (Fsp3) is 0.643. The van der Waals surface area contributed by atoms with E-state index in [4.69, 9.17) is 5.73 Å². The lowest BCUT2D eigenvalue weighted by molar-refractivity contribution is 0.254. The van der Waals surface area contributed by atoms with Crippen molar-refractivity contribution in [1.29, 1.82) is 0 Å². The number of anilines is 1. The van der Waals surface area contributed by atoms with Gasteiger partial charge in [-0.3, -0.25) is 9.58 Å². The van der Waals surface area contributed by atoms with Crippen molar-refractivity contribution in [1.82, 2.24) is 29.5 Å². The third-order valence-electron chi connectivity index (χ3n) is 3.56. The minimum absolute atomic E-state index is 0.507. The molecule has 0 saturated carbocycles. The molecule has 7 heteroatoms. The SMILES string of the molecule is CCN(CCCN(C)C)Cc1nc(N)c2cnn(C)c2n1. The molecule has 2 heterocycles. The molecule has 2 aromatic rings. The van der Waals surface area contributed by atoms with Gasteiger partial charge in [-0.1, -0.05) is 6.92 Å². The van der Waals surface area contributed by atoms with E-state index in [0.717, 1.165) is 49.5 Å². The van der Waals surface area contributed by atoms with Crippen LogP contribution in [0.5, 0.6) is 0 Å². The average Bonchev–Trinajstić information content (AvgIpc) is 2.79. The van der Waals surface area contributed by atoms with Crippen LogP contribution in [0.15, 0.2) is 6.20 Å². The average molecular weight is 291 g/mol. The van der Waals surface area contributed by atoms with Gasteiger partial charge in [-0.25, -0.2) is 9.97 Å². The standard InChI is InChI=1S/C14H25N7/c1-5-21(8-6-7-19(2)3)10-12-17-13(15)11-9-16-20(4)14(11)18-12/h9H,5-8,10H2,1-4H3,(H2,15,17,18). The van der Waals surface area contributed by atoms with Crippen molar-refractivity contribution in [3.05, 3.63) is 12.0 Å². The Morgan fingerprint density at radius 3 is 2.67 bits per heavy atom. The van der Waals surface area contributed by atoms with Crippen LogP contribution in [-0.2, 0) is 13.6 Å². The third-order valence-corrected chi connectivity index (χ3v) is 3.56. The molecule has 21 heavy (non-hydrogen) atoms. The quantitative estimate of drug-likeness (QED) is 0.810. The summed E-state index contributed by atoms with van der Waals surface area (Å²) in [6.45, 7) is 5.96. The summed E-state index contributed by atoms with van der Waals surface area (Å²) in [5.41, 5.74) is 6.79. The maximum Gasteiger partial charge on any atom is 0.163 e. The first-order valence-corrected chi connectivity index (χ1v) is 7.32. The Labute approximate surface area is 125 Å². The molecule has 0 aliphatic heterocycles. The molecule has 0 atom stereocenters. The largest absolute Gasteiger partial charge is 0.383 e. The Morgan fingerprint density at radius 2 is 2.00 bits per heavy atom. The number of rotatable bonds is 7. The zero-order chi connectivity index (χ0) is 15.4. The first-order valence-electron chi connectivity index (χ1n) is 7.32. The maximum atomic E-state index is 6.00. The smallest absolute Gasteiger partial charge is 0.163 e. The van der Waals surface area contributed by atoms with Gasteiger partial charge in [-0.05, 0) is 40.2 Å². The van der Waals surface area contributed by atoms with Gasteiger partial charge in [-0.2, -0.15) is 5.10 Å². The van der Waals surface area contributed by atoms with Gasteiger partial charge in [0, 0.05) is 7.05 Å². The summed E-state index contributed by atoms with van der Waals surface area (Å²) < 4.78 is 1.74. The number of nitrogens with two attached hydrogens (primary N) is 1. The molecule has 2 rings (SSSR count). The lowest BCUT2D eigenvalue weighted by Crippen LogP contribution is -2.27. The van der Waals surface area contributed by atoms with Crippen molar-refractivity contribution < 1.29 is 0 Å². The summed E-state index contributed by atoms with van der Waals surface area (Å²) in [5.74, 6) is 1.27. The van der Waals surface area contributed by atoms with Gasteiger partial charge < -0.3 is 10.6 Å². The lowest BCUT2D eigenvalue weighted by atomic mass is 10.3. The van der Waals surface area contributed by atoms with E-state index in [0.29, 0.717) is 5.82 Å². The molecule has 2 aromatic heterocycles. The van der Waals surface area contributed by atoms with Gasteiger partial charge in [-0.15, -0.1) is 0 Å². The molecule has 0 fully saturated rings.